The number of nitrogens with one attached hydrogen (secondary N) is 1. The summed E-state index contributed by atoms with van der Waals surface area (Å²) < 4.78 is 38.1. The highest BCUT2D eigenvalue weighted by Gasteiger charge is 2.22. The molecular formula is C22H22FN7O4S. The minimum Gasteiger partial charge on any atom is -0.367 e. The van der Waals surface area contributed by atoms with Crippen LogP contribution in [0.5, 0.6) is 0 Å². The number of sulfonamides is 1. The van der Waals surface area contributed by atoms with Gasteiger partial charge in [-0.1, -0.05) is 17.7 Å². The van der Waals surface area contributed by atoms with Crippen LogP contribution in [-0.4, -0.2) is 55.7 Å². The Bertz CT molecular complexity index is 1340. The maximum Gasteiger partial charge on any atom is 0.276 e. The first-order chi connectivity index (χ1) is 16.7. The van der Waals surface area contributed by atoms with Gasteiger partial charge < -0.3 is 9.80 Å². The number of hydrazone groups is 1. The fourth-order valence-corrected chi connectivity index (χ4v) is 4.39. The molecule has 35 heavy (non-hydrogen) atoms. The molecule has 0 bridgehead atoms. The predicted molar refractivity (Wildman–Crippen MR) is 129 cm³/mol. The number of hydrogen-bond acceptors (Lipinski definition) is 9. The van der Waals surface area contributed by atoms with E-state index in [2.05, 4.69) is 19.9 Å². The van der Waals surface area contributed by atoms with Crippen molar-refractivity contribution in [2.75, 3.05) is 36.0 Å². The average molecular weight is 500 g/mol. The zero-order valence-electron chi connectivity index (χ0n) is 18.7. The first kappa shape index (κ1) is 24.0. The van der Waals surface area contributed by atoms with Crippen LogP contribution in [0, 0.1) is 22.9 Å². The Balaban J connectivity index is 1.52. The highest BCUT2D eigenvalue weighted by atomic mass is 32.2. The lowest BCUT2D eigenvalue weighted by atomic mass is 10.1. The first-order valence-corrected chi connectivity index (χ1v) is 12.1. The number of nitrogens with zero attached hydrogens (tertiary/aromatic N) is 6. The van der Waals surface area contributed by atoms with Gasteiger partial charge in [0.2, 0.25) is 5.95 Å². The lowest BCUT2D eigenvalue weighted by Crippen LogP contribution is -2.47. The third kappa shape index (κ3) is 5.69. The summed E-state index contributed by atoms with van der Waals surface area (Å²) in [6.07, 6.45) is 3.47. The summed E-state index contributed by atoms with van der Waals surface area (Å²) >= 11 is 0. The van der Waals surface area contributed by atoms with Gasteiger partial charge in [-0.3, -0.25) is 10.1 Å². The van der Waals surface area contributed by atoms with Gasteiger partial charge in [-0.15, -0.1) is 0 Å². The van der Waals surface area contributed by atoms with Gasteiger partial charge in [0.25, 0.3) is 15.7 Å². The number of aromatic nitrogens is 2. The fraction of sp³-hybridized carbons (Fsp3) is 0.227. The van der Waals surface area contributed by atoms with Gasteiger partial charge >= 0.3 is 0 Å². The number of aryl methyl sites for hydroxylation is 1. The number of anilines is 2. The molecule has 11 nitrogen and oxygen atoms in total. The van der Waals surface area contributed by atoms with E-state index in [9.17, 15) is 22.9 Å². The van der Waals surface area contributed by atoms with Crippen LogP contribution in [0.15, 0.2) is 64.9 Å². The van der Waals surface area contributed by atoms with Gasteiger partial charge in [-0.2, -0.15) is 13.5 Å². The third-order valence-electron chi connectivity index (χ3n) is 5.44. The molecule has 1 aliphatic heterocycles. The molecule has 1 fully saturated rings. The molecule has 1 N–H and O–H groups in total. The molecule has 0 saturated carbocycles. The van der Waals surface area contributed by atoms with Gasteiger partial charge in [0.05, 0.1) is 28.4 Å². The SMILES string of the molecule is Cc1ccc(S(=O)(=O)N/N=C\c2cc([N+](=O)[O-])ccc2N2CCN(c3ncc(F)cn3)CC2)cc1. The average Bonchev–Trinajstić information content (AvgIpc) is 2.85. The quantitative estimate of drug-likeness (QED) is 0.298. The molecule has 4 rings (SSSR count). The molecule has 13 heteroatoms. The molecule has 1 aromatic heterocycles. The van der Waals surface area contributed by atoms with E-state index in [1.165, 1.54) is 30.5 Å². The monoisotopic (exact) mass is 499 g/mol. The van der Waals surface area contributed by atoms with E-state index in [1.807, 2.05) is 16.7 Å². The van der Waals surface area contributed by atoms with Crippen molar-refractivity contribution >= 4 is 33.6 Å². The predicted octanol–water partition coefficient (Wildman–Crippen LogP) is 2.47. The van der Waals surface area contributed by atoms with Crippen LogP contribution in [0.2, 0.25) is 0 Å². The number of halogens is 1. The summed E-state index contributed by atoms with van der Waals surface area (Å²) in [6.45, 7) is 4.00. The number of nitro benzene ring substituents is 1. The van der Waals surface area contributed by atoms with Crippen LogP contribution in [0.25, 0.3) is 0 Å². The van der Waals surface area contributed by atoms with Crippen LogP contribution in [0.1, 0.15) is 11.1 Å². The molecule has 3 aromatic rings. The van der Waals surface area contributed by atoms with Gasteiger partial charge in [-0.05, 0) is 25.1 Å². The van der Waals surface area contributed by atoms with Gasteiger partial charge in [0.1, 0.15) is 0 Å². The number of non-ortho nitro benzene ring substituents is 1. The highest BCUT2D eigenvalue weighted by Crippen LogP contribution is 2.26. The number of rotatable bonds is 7. The minimum atomic E-state index is -3.90. The molecule has 0 atom stereocenters. The van der Waals surface area contributed by atoms with Crippen molar-refractivity contribution < 1.29 is 17.7 Å². The lowest BCUT2D eigenvalue weighted by molar-refractivity contribution is -0.384. The Morgan fingerprint density at radius 1 is 1.06 bits per heavy atom. The Morgan fingerprint density at radius 2 is 1.69 bits per heavy atom. The zero-order valence-corrected chi connectivity index (χ0v) is 19.5. The normalized spacial score (nSPS) is 14.3. The van der Waals surface area contributed by atoms with Gasteiger partial charge in [0.15, 0.2) is 5.82 Å². The van der Waals surface area contributed by atoms with Crippen molar-refractivity contribution in [2.45, 2.75) is 11.8 Å². The molecule has 1 saturated heterocycles. The van der Waals surface area contributed by atoms with E-state index in [4.69, 9.17) is 0 Å². The largest absolute Gasteiger partial charge is 0.367 e. The summed E-state index contributed by atoms with van der Waals surface area (Å²) in [7, 11) is -3.90. The van der Waals surface area contributed by atoms with Crippen molar-refractivity contribution in [3.05, 3.63) is 81.9 Å². The van der Waals surface area contributed by atoms with E-state index < -0.39 is 20.8 Å². The summed E-state index contributed by atoms with van der Waals surface area (Å²) in [6, 6.07) is 10.6. The standard InChI is InChI=1S/C22H22FN7O4S/c1-16-2-5-20(6-3-16)35(33,34)27-26-13-17-12-19(30(31)32)4-7-21(17)28-8-10-29(11-9-28)22-24-14-18(23)15-25-22/h2-7,12-15,27H,8-11H2,1H3/b26-13-. The third-order valence-corrected chi connectivity index (χ3v) is 6.68. The van der Waals surface area contributed by atoms with Crippen LogP contribution >= 0.6 is 0 Å². The second kappa shape index (κ2) is 10.0. The molecule has 0 unspecified atom stereocenters. The van der Waals surface area contributed by atoms with Crippen molar-refractivity contribution in [1.82, 2.24) is 14.8 Å². The second-order valence-corrected chi connectivity index (χ2v) is 9.50. The summed E-state index contributed by atoms with van der Waals surface area (Å²) in [5.41, 5.74) is 1.82. The molecule has 0 amide bonds. The number of hydrogen-bond donors (Lipinski definition) is 1. The van der Waals surface area contributed by atoms with Crippen molar-refractivity contribution in [3.63, 3.8) is 0 Å². The Hall–Kier alpha value is -4.13. The molecule has 0 aliphatic carbocycles. The molecule has 2 aromatic carbocycles. The fourth-order valence-electron chi connectivity index (χ4n) is 3.60. The van der Waals surface area contributed by atoms with Crippen LogP contribution < -0.4 is 14.6 Å². The number of nitro groups is 1. The molecule has 1 aliphatic rings. The minimum absolute atomic E-state index is 0.0543. The van der Waals surface area contributed by atoms with Crippen molar-refractivity contribution in [1.29, 1.82) is 0 Å². The van der Waals surface area contributed by atoms with Gasteiger partial charge in [0, 0.05) is 49.6 Å². The van der Waals surface area contributed by atoms with Crippen LogP contribution in [-0.2, 0) is 10.0 Å². The topological polar surface area (TPSA) is 134 Å². The maximum absolute atomic E-state index is 13.1. The molecule has 0 radical (unpaired) electrons. The second-order valence-electron chi connectivity index (χ2n) is 7.84. The van der Waals surface area contributed by atoms with Crippen LogP contribution in [0.3, 0.4) is 0 Å². The molecular weight excluding hydrogens is 477 g/mol. The summed E-state index contributed by atoms with van der Waals surface area (Å²) in [5, 5.41) is 15.2. The summed E-state index contributed by atoms with van der Waals surface area (Å²) in [4.78, 5) is 24.9. The van der Waals surface area contributed by atoms with Crippen LogP contribution in [0.4, 0.5) is 21.7 Å². The molecule has 182 valence electrons. The van der Waals surface area contributed by atoms with E-state index >= 15 is 0 Å². The Morgan fingerprint density at radius 3 is 2.31 bits per heavy atom. The van der Waals surface area contributed by atoms with Crippen molar-refractivity contribution in [3.8, 4) is 0 Å². The maximum atomic E-state index is 13.1. The molecule has 2 heterocycles. The van der Waals surface area contributed by atoms with E-state index in [-0.39, 0.29) is 10.6 Å². The zero-order chi connectivity index (χ0) is 25.0. The Kier molecular flexibility index (Phi) is 6.87. The number of benzene rings is 2. The first-order valence-electron chi connectivity index (χ1n) is 10.6. The van der Waals surface area contributed by atoms with E-state index in [0.29, 0.717) is 43.4 Å². The van der Waals surface area contributed by atoms with Gasteiger partial charge in [-0.25, -0.2) is 19.2 Å². The Labute approximate surface area is 201 Å². The van der Waals surface area contributed by atoms with E-state index in [0.717, 1.165) is 18.0 Å². The number of piperazine rings is 1. The lowest BCUT2D eigenvalue weighted by Gasteiger charge is -2.36. The van der Waals surface area contributed by atoms with Crippen molar-refractivity contribution in [2.24, 2.45) is 5.10 Å². The summed E-state index contributed by atoms with van der Waals surface area (Å²) in [5.74, 6) is -0.0951. The van der Waals surface area contributed by atoms with E-state index in [1.54, 1.807) is 18.2 Å². The molecule has 0 spiro atoms. The highest BCUT2D eigenvalue weighted by molar-refractivity contribution is 7.89. The smallest absolute Gasteiger partial charge is 0.276 e.